The Hall–Kier alpha value is -10.9. The van der Waals surface area contributed by atoms with Crippen molar-refractivity contribution < 1.29 is 148 Å². The van der Waals surface area contributed by atoms with Crippen LogP contribution in [0.2, 0.25) is 0 Å². The molecule has 140 heavy (non-hydrogen) atoms. The Balaban J connectivity index is 0.770. The first-order chi connectivity index (χ1) is 67.2. The number of rotatable bonds is 66. The number of nitrogens with one attached hydrogen (secondary N) is 7. The zero-order valence-electron chi connectivity index (χ0n) is 83.2. The lowest BCUT2D eigenvalue weighted by Crippen LogP contribution is -2.66. The van der Waals surface area contributed by atoms with E-state index in [9.17, 15) is 67.4 Å². The average Bonchev–Trinajstić information content (AvgIpc) is 1.38. The molecular formula is C101H148N8O31. The topological polar surface area (TPSA) is 486 Å². The first-order valence-electron chi connectivity index (χ1n) is 48.4. The highest BCUT2D eigenvalue weighted by atomic mass is 16.7. The molecule has 0 aromatic heterocycles. The van der Waals surface area contributed by atoms with E-state index in [1.807, 2.05) is 71.6 Å². The highest BCUT2D eigenvalue weighted by Gasteiger charge is 2.56. The predicted molar refractivity (Wildman–Crippen MR) is 510 cm³/mol. The lowest BCUT2D eigenvalue weighted by atomic mass is 9.68. The van der Waals surface area contributed by atoms with Crippen LogP contribution in [0.25, 0.3) is 0 Å². The summed E-state index contributed by atoms with van der Waals surface area (Å²) in [6, 6.07) is 27.8. The maximum atomic E-state index is 13.9. The molecule has 0 bridgehead atoms. The third kappa shape index (κ3) is 39.9. The van der Waals surface area contributed by atoms with Crippen LogP contribution >= 0.6 is 0 Å². The number of aliphatic hydroxyl groups excluding tert-OH is 1. The third-order valence-corrected chi connectivity index (χ3v) is 24.2. The average molecular weight is 1970 g/mol. The molecule has 4 aromatic rings. The van der Waals surface area contributed by atoms with E-state index in [-0.39, 0.29) is 134 Å². The molecule has 778 valence electrons. The number of aliphatic hydroxyl groups is 1. The van der Waals surface area contributed by atoms with Gasteiger partial charge < -0.3 is 128 Å². The normalized spacial score (nSPS) is 20.5. The summed E-state index contributed by atoms with van der Waals surface area (Å²) in [5.41, 5.74) is 0.630. The summed E-state index contributed by atoms with van der Waals surface area (Å²) in [4.78, 5) is 167. The maximum Gasteiger partial charge on any atom is 0.303 e. The number of amides is 7. The van der Waals surface area contributed by atoms with Crippen LogP contribution in [0.15, 0.2) is 97.1 Å². The standard InChI is InChI=1S/C101H148N8O31/c1-68(111)106-89-93(137-74(7)117)91(135-72(5)115)84(62-132-70(3)113)139-97(89)130-56-54-128-52-50-126-48-46-103-95(122)76-58-77(96(123)104-47-49-127-51-53-129-55-57-131-98-90(107-69(2)112)94(138-75(8)118)92(136-73(6)116)85(140-98)63-133-71(4)114)60-81(59-76)108-87(120)61-105-86(119)34-28-21-17-14-13-15-19-23-30-44-102-45-31-24-20-16-18-22-29-35-88(121)109-64-99(9,66-110)100(10,65-109)67-134-101(78-32-26-25-27-33-78,79-36-40-82(124-11)41-37-79)80-38-42-83(125-12)43-39-80/h25-27,32-33,36-43,58-60,84-85,89-94,97-98,102,110H,13-24,28-31,34-35,44-57,61-67H2,1-12H3,(H,103,122)(H,104,123)(H,105,119)(H,106,111)(H,107,112)(H,108,120)/t84-,85-,89-,90-,91+,92+,93-,94-,97?,98?,99?,100?/m1/s1. The van der Waals surface area contributed by atoms with Crippen molar-refractivity contribution in [2.45, 2.75) is 252 Å². The van der Waals surface area contributed by atoms with E-state index >= 15 is 0 Å². The second-order valence-corrected chi connectivity index (χ2v) is 35.5. The molecule has 0 radical (unpaired) electrons. The van der Waals surface area contributed by atoms with Gasteiger partial charge in [-0.1, -0.05) is 145 Å². The largest absolute Gasteiger partial charge is 0.497 e. The number of benzene rings is 4. The number of likely N-dealkylation sites (tertiary alicyclic amines) is 1. The van der Waals surface area contributed by atoms with Gasteiger partial charge >= 0.3 is 35.8 Å². The summed E-state index contributed by atoms with van der Waals surface area (Å²) < 4.78 is 97.2. The highest BCUT2D eigenvalue weighted by Crippen LogP contribution is 2.50. The molecule has 39 heteroatoms. The molecule has 39 nitrogen and oxygen atoms in total. The molecule has 4 unspecified atom stereocenters. The van der Waals surface area contributed by atoms with Crippen molar-refractivity contribution in [2.24, 2.45) is 10.8 Å². The third-order valence-electron chi connectivity index (χ3n) is 24.2. The van der Waals surface area contributed by atoms with Crippen molar-refractivity contribution in [1.82, 2.24) is 36.8 Å². The summed E-state index contributed by atoms with van der Waals surface area (Å²) in [5, 5.41) is 30.7. The fourth-order valence-electron chi connectivity index (χ4n) is 16.8. The van der Waals surface area contributed by atoms with Gasteiger partial charge in [0.25, 0.3) is 11.8 Å². The zero-order valence-corrected chi connectivity index (χ0v) is 83.2. The summed E-state index contributed by atoms with van der Waals surface area (Å²) >= 11 is 0. The van der Waals surface area contributed by atoms with Crippen LogP contribution in [0.3, 0.4) is 0 Å². The van der Waals surface area contributed by atoms with E-state index in [1.54, 1.807) is 14.2 Å². The van der Waals surface area contributed by atoms with Crippen LogP contribution in [0.4, 0.5) is 5.69 Å². The molecular weight excluding hydrogens is 1820 g/mol. The van der Waals surface area contributed by atoms with Crippen LogP contribution < -0.4 is 46.7 Å². The molecule has 4 aromatic carbocycles. The van der Waals surface area contributed by atoms with E-state index in [0.717, 1.165) is 179 Å². The van der Waals surface area contributed by atoms with E-state index in [2.05, 4.69) is 63.2 Å². The smallest absolute Gasteiger partial charge is 0.303 e. The number of nitrogens with zero attached hydrogens (tertiary/aromatic N) is 1. The quantitative estimate of drug-likeness (QED) is 0.00895. The van der Waals surface area contributed by atoms with E-state index in [0.29, 0.717) is 25.9 Å². The summed E-state index contributed by atoms with van der Waals surface area (Å²) in [5.74, 6) is -6.08. The van der Waals surface area contributed by atoms with Crippen molar-refractivity contribution >= 4 is 82.9 Å². The van der Waals surface area contributed by atoms with Gasteiger partial charge in [0.15, 0.2) is 37.0 Å². The zero-order chi connectivity index (χ0) is 102. The van der Waals surface area contributed by atoms with Crippen LogP contribution in [-0.4, -0.2) is 301 Å². The van der Waals surface area contributed by atoms with E-state index in [1.165, 1.54) is 32.0 Å². The number of hydrogen-bond donors (Lipinski definition) is 8. The van der Waals surface area contributed by atoms with Crippen LogP contribution in [0.5, 0.6) is 11.5 Å². The fourth-order valence-corrected chi connectivity index (χ4v) is 16.8. The highest BCUT2D eigenvalue weighted by molar-refractivity contribution is 6.03. The van der Waals surface area contributed by atoms with Gasteiger partial charge in [-0.2, -0.15) is 0 Å². The van der Waals surface area contributed by atoms with Crippen LogP contribution in [0.1, 0.15) is 222 Å². The van der Waals surface area contributed by atoms with Gasteiger partial charge in [-0.05, 0) is 97.9 Å². The maximum absolute atomic E-state index is 13.9. The molecule has 8 N–H and O–H groups in total. The SMILES string of the molecule is COc1ccc(C(OCC2(C)CN(C(=O)CCCCCCCCCNCCCCCCCCCCCC(=O)NCC(=O)Nc3cc(C(=O)NCCOCCOCCOC4O[C@H](COC(C)=O)[C@H](OC(C)=O)[C@H](OC(C)=O)[C@H]4NC(C)=O)cc(C(=O)NCCOCCOCCOC4O[C@H](COC(C)=O)[C@H](OC(C)=O)[C@H](OC(C)=O)[C@H]4NC(C)=O)c3)CC2(C)CO)(c2ccccc2)c2ccc(OC)cc2)cc1. The van der Waals surface area contributed by atoms with Crippen molar-refractivity contribution in [1.29, 1.82) is 0 Å². The van der Waals surface area contributed by atoms with Gasteiger partial charge in [-0.15, -0.1) is 0 Å². The molecule has 7 amide bonds. The first kappa shape index (κ1) is 116. The van der Waals surface area contributed by atoms with Gasteiger partial charge in [0.05, 0.1) is 100 Å². The second kappa shape index (κ2) is 62.4. The van der Waals surface area contributed by atoms with Crippen LogP contribution in [0, 0.1) is 10.8 Å². The van der Waals surface area contributed by atoms with Gasteiger partial charge in [0, 0.05) is 122 Å². The molecule has 3 saturated heterocycles. The van der Waals surface area contributed by atoms with Crippen LogP contribution in [-0.2, 0) is 129 Å². The number of carbonyl (C=O) groups is 13. The number of anilines is 1. The lowest BCUT2D eigenvalue weighted by Gasteiger charge is -2.44. The molecule has 0 spiro atoms. The molecule has 12 atom stereocenters. The number of esters is 6. The van der Waals surface area contributed by atoms with Gasteiger partial charge in [-0.3, -0.25) is 62.3 Å². The van der Waals surface area contributed by atoms with Gasteiger partial charge in [0.1, 0.15) is 54.6 Å². The monoisotopic (exact) mass is 1970 g/mol. The van der Waals surface area contributed by atoms with Crippen molar-refractivity contribution in [3.63, 3.8) is 0 Å². The van der Waals surface area contributed by atoms with E-state index in [4.69, 9.17) is 80.5 Å². The Morgan fingerprint density at radius 1 is 0.421 bits per heavy atom. The van der Waals surface area contributed by atoms with Crippen molar-refractivity contribution in [3.05, 3.63) is 125 Å². The lowest BCUT2D eigenvalue weighted by molar-refractivity contribution is -0.279. The molecule has 3 aliphatic heterocycles. The Morgan fingerprint density at radius 3 is 1.21 bits per heavy atom. The molecule has 3 heterocycles. The number of hydrogen-bond acceptors (Lipinski definition) is 32. The Bertz CT molecular complexity index is 4320. The van der Waals surface area contributed by atoms with Crippen molar-refractivity contribution in [3.8, 4) is 11.5 Å². The van der Waals surface area contributed by atoms with Crippen molar-refractivity contribution in [2.75, 3.05) is 158 Å². The second-order valence-electron chi connectivity index (χ2n) is 35.5. The number of carbonyl (C=O) groups excluding carboxylic acids is 13. The summed E-state index contributed by atoms with van der Waals surface area (Å²) in [7, 11) is 3.29. The molecule has 3 fully saturated rings. The minimum Gasteiger partial charge on any atom is -0.497 e. The Morgan fingerprint density at radius 2 is 0.807 bits per heavy atom. The van der Waals surface area contributed by atoms with Gasteiger partial charge in [-0.25, -0.2) is 0 Å². The number of ether oxygens (including phenoxy) is 17. The number of methoxy groups -OCH3 is 2. The van der Waals surface area contributed by atoms with Gasteiger partial charge in [0.2, 0.25) is 29.5 Å². The predicted octanol–water partition coefficient (Wildman–Crippen LogP) is 8.10. The minimum atomic E-state index is -1.31. The van der Waals surface area contributed by atoms with E-state index < -0.39 is 156 Å². The summed E-state index contributed by atoms with van der Waals surface area (Å²) in [6.07, 6.45) is 7.25. The first-order valence-corrected chi connectivity index (χ1v) is 48.4. The molecule has 3 aliphatic rings. The fraction of sp³-hybridized carbons (Fsp3) is 0.634. The summed E-state index contributed by atoms with van der Waals surface area (Å²) in [6.45, 7) is 15.3. The molecule has 0 saturated carbocycles. The Kier molecular flexibility index (Phi) is 51.8. The Labute approximate surface area is 820 Å². The molecule has 7 rings (SSSR count). The minimum absolute atomic E-state index is 0.00198. The molecule has 0 aliphatic carbocycles. The number of unbranched alkanes of at least 4 members (excludes halogenated alkanes) is 14.